The van der Waals surface area contributed by atoms with Gasteiger partial charge in [0.15, 0.2) is 0 Å². The molecule has 1 saturated heterocycles. The predicted octanol–water partition coefficient (Wildman–Crippen LogP) is 0.0894. The highest BCUT2D eigenvalue weighted by Gasteiger charge is 2.30. The molecule has 1 fully saturated rings. The van der Waals surface area contributed by atoms with E-state index in [0.29, 0.717) is 19.3 Å². The number of methoxy groups -OCH3 is 1. The first-order valence-electron chi connectivity index (χ1n) is 4.11. The van der Waals surface area contributed by atoms with Gasteiger partial charge in [-0.3, -0.25) is 4.79 Å². The van der Waals surface area contributed by atoms with E-state index in [0.717, 1.165) is 0 Å². The smallest absolute Gasteiger partial charge is 0.306 e. The fourth-order valence-corrected chi connectivity index (χ4v) is 1.39. The van der Waals surface area contributed by atoms with Gasteiger partial charge in [-0.25, -0.2) is 0 Å². The highest BCUT2D eigenvalue weighted by Crippen LogP contribution is 2.20. The zero-order chi connectivity index (χ0) is 8.97. The maximum Gasteiger partial charge on any atom is 0.306 e. The first kappa shape index (κ1) is 9.48. The maximum atomic E-state index is 10.7. The average Bonchev–Trinajstić information content (AvgIpc) is 2.47. The molecular formula is C8H14O4. The number of carbonyl (C=O) groups is 1. The molecule has 2 atom stereocenters. The Labute approximate surface area is 71.5 Å². The number of aliphatic hydroxyl groups is 1. The Hall–Kier alpha value is -0.610. The van der Waals surface area contributed by atoms with Gasteiger partial charge >= 0.3 is 5.97 Å². The SMILES string of the molecule is COC(CCO)C1CCC(=O)O1. The van der Waals surface area contributed by atoms with Crippen LogP contribution in [0.5, 0.6) is 0 Å². The van der Waals surface area contributed by atoms with E-state index in [9.17, 15) is 4.79 Å². The van der Waals surface area contributed by atoms with Gasteiger partial charge in [-0.05, 0) is 6.42 Å². The van der Waals surface area contributed by atoms with Crippen molar-refractivity contribution in [3.05, 3.63) is 0 Å². The molecule has 0 aromatic heterocycles. The van der Waals surface area contributed by atoms with Crippen LogP contribution in [0, 0.1) is 0 Å². The summed E-state index contributed by atoms with van der Waals surface area (Å²) in [7, 11) is 1.56. The molecule has 0 aromatic carbocycles. The lowest BCUT2D eigenvalue weighted by atomic mass is 10.1. The van der Waals surface area contributed by atoms with E-state index in [1.165, 1.54) is 0 Å². The van der Waals surface area contributed by atoms with Crippen molar-refractivity contribution < 1.29 is 19.4 Å². The van der Waals surface area contributed by atoms with Crippen LogP contribution < -0.4 is 0 Å². The normalized spacial score (nSPS) is 25.5. The summed E-state index contributed by atoms with van der Waals surface area (Å²) in [6, 6.07) is 0. The number of carbonyl (C=O) groups excluding carboxylic acids is 1. The number of esters is 1. The Kier molecular flexibility index (Phi) is 3.49. The van der Waals surface area contributed by atoms with Crippen molar-refractivity contribution in [3.8, 4) is 0 Å². The molecular weight excluding hydrogens is 160 g/mol. The van der Waals surface area contributed by atoms with Gasteiger partial charge in [-0.1, -0.05) is 0 Å². The molecule has 4 heteroatoms. The van der Waals surface area contributed by atoms with Crippen LogP contribution in [0.3, 0.4) is 0 Å². The molecule has 0 amide bonds. The molecule has 1 aliphatic rings. The Bertz CT molecular complexity index is 157. The molecule has 0 aliphatic carbocycles. The molecule has 0 spiro atoms. The summed E-state index contributed by atoms with van der Waals surface area (Å²) in [5.41, 5.74) is 0. The molecule has 1 N–H and O–H groups in total. The second kappa shape index (κ2) is 4.42. The molecule has 1 heterocycles. The van der Waals surface area contributed by atoms with E-state index in [-0.39, 0.29) is 24.8 Å². The summed E-state index contributed by atoms with van der Waals surface area (Å²) in [6.45, 7) is 0.0621. The van der Waals surface area contributed by atoms with E-state index in [1.54, 1.807) is 7.11 Å². The zero-order valence-electron chi connectivity index (χ0n) is 7.16. The number of aliphatic hydroxyl groups excluding tert-OH is 1. The quantitative estimate of drug-likeness (QED) is 0.614. The van der Waals surface area contributed by atoms with E-state index in [1.807, 2.05) is 0 Å². The average molecular weight is 174 g/mol. The summed E-state index contributed by atoms with van der Waals surface area (Å²) in [4.78, 5) is 10.7. The van der Waals surface area contributed by atoms with Gasteiger partial charge in [0.2, 0.25) is 0 Å². The Morgan fingerprint density at radius 1 is 1.83 bits per heavy atom. The topological polar surface area (TPSA) is 55.8 Å². The van der Waals surface area contributed by atoms with Crippen molar-refractivity contribution in [2.75, 3.05) is 13.7 Å². The Morgan fingerprint density at radius 3 is 3.00 bits per heavy atom. The van der Waals surface area contributed by atoms with Crippen molar-refractivity contribution in [2.45, 2.75) is 31.5 Å². The van der Waals surface area contributed by atoms with Crippen LogP contribution in [0.25, 0.3) is 0 Å². The molecule has 70 valence electrons. The van der Waals surface area contributed by atoms with Gasteiger partial charge in [0.25, 0.3) is 0 Å². The van der Waals surface area contributed by atoms with Crippen LogP contribution in [0.15, 0.2) is 0 Å². The summed E-state index contributed by atoms with van der Waals surface area (Å²) in [5, 5.41) is 8.67. The summed E-state index contributed by atoms with van der Waals surface area (Å²) >= 11 is 0. The minimum absolute atomic E-state index is 0.0621. The third-order valence-electron chi connectivity index (χ3n) is 2.05. The van der Waals surface area contributed by atoms with Crippen LogP contribution >= 0.6 is 0 Å². The van der Waals surface area contributed by atoms with Crippen LogP contribution in [0.2, 0.25) is 0 Å². The van der Waals surface area contributed by atoms with Crippen LogP contribution in [0.4, 0.5) is 0 Å². The molecule has 4 nitrogen and oxygen atoms in total. The van der Waals surface area contributed by atoms with Gasteiger partial charge in [-0.15, -0.1) is 0 Å². The number of ether oxygens (including phenoxy) is 2. The second-order valence-corrected chi connectivity index (χ2v) is 2.85. The molecule has 0 aromatic rings. The van der Waals surface area contributed by atoms with Crippen LogP contribution in [-0.4, -0.2) is 37.0 Å². The monoisotopic (exact) mass is 174 g/mol. The second-order valence-electron chi connectivity index (χ2n) is 2.85. The molecule has 1 rings (SSSR count). The standard InChI is InChI=1S/C8H14O4/c1-11-6(4-5-9)7-2-3-8(10)12-7/h6-7,9H,2-5H2,1H3. The lowest BCUT2D eigenvalue weighted by Crippen LogP contribution is -2.28. The lowest BCUT2D eigenvalue weighted by molar-refractivity contribution is -0.146. The molecule has 2 unspecified atom stereocenters. The largest absolute Gasteiger partial charge is 0.460 e. The maximum absolute atomic E-state index is 10.7. The van der Waals surface area contributed by atoms with Gasteiger partial charge in [0.05, 0.1) is 6.10 Å². The van der Waals surface area contributed by atoms with Gasteiger partial charge in [-0.2, -0.15) is 0 Å². The Morgan fingerprint density at radius 2 is 2.58 bits per heavy atom. The van der Waals surface area contributed by atoms with Gasteiger partial charge in [0, 0.05) is 26.6 Å². The fraction of sp³-hybridized carbons (Fsp3) is 0.875. The number of cyclic esters (lactones) is 1. The fourth-order valence-electron chi connectivity index (χ4n) is 1.39. The van der Waals surface area contributed by atoms with E-state index < -0.39 is 0 Å². The molecule has 0 bridgehead atoms. The third kappa shape index (κ3) is 2.19. The summed E-state index contributed by atoms with van der Waals surface area (Å²) in [6.07, 6.45) is 1.39. The lowest BCUT2D eigenvalue weighted by Gasteiger charge is -2.19. The van der Waals surface area contributed by atoms with E-state index in [2.05, 4.69) is 0 Å². The minimum Gasteiger partial charge on any atom is -0.460 e. The molecule has 0 radical (unpaired) electrons. The first-order valence-corrected chi connectivity index (χ1v) is 4.11. The number of hydrogen-bond donors (Lipinski definition) is 1. The van der Waals surface area contributed by atoms with E-state index in [4.69, 9.17) is 14.6 Å². The number of hydrogen-bond acceptors (Lipinski definition) is 4. The van der Waals surface area contributed by atoms with Crippen LogP contribution in [-0.2, 0) is 14.3 Å². The van der Waals surface area contributed by atoms with Crippen molar-refractivity contribution >= 4 is 5.97 Å². The van der Waals surface area contributed by atoms with Crippen molar-refractivity contribution in [1.29, 1.82) is 0 Å². The van der Waals surface area contributed by atoms with Gasteiger partial charge < -0.3 is 14.6 Å². The van der Waals surface area contributed by atoms with Crippen molar-refractivity contribution in [1.82, 2.24) is 0 Å². The molecule has 12 heavy (non-hydrogen) atoms. The number of rotatable bonds is 4. The predicted molar refractivity (Wildman–Crippen MR) is 41.6 cm³/mol. The van der Waals surface area contributed by atoms with E-state index >= 15 is 0 Å². The van der Waals surface area contributed by atoms with Crippen molar-refractivity contribution in [3.63, 3.8) is 0 Å². The highest BCUT2D eigenvalue weighted by atomic mass is 16.6. The van der Waals surface area contributed by atoms with Crippen molar-refractivity contribution in [2.24, 2.45) is 0 Å². The minimum atomic E-state index is -0.167. The molecule has 0 saturated carbocycles. The van der Waals surface area contributed by atoms with Crippen LogP contribution in [0.1, 0.15) is 19.3 Å². The first-order chi connectivity index (χ1) is 5.77. The summed E-state index contributed by atoms with van der Waals surface area (Å²) in [5.74, 6) is -0.167. The third-order valence-corrected chi connectivity index (χ3v) is 2.05. The zero-order valence-corrected chi connectivity index (χ0v) is 7.16. The van der Waals surface area contributed by atoms with Gasteiger partial charge in [0.1, 0.15) is 6.10 Å². The Balaban J connectivity index is 2.38. The highest BCUT2D eigenvalue weighted by molar-refractivity contribution is 5.71. The molecule has 1 aliphatic heterocycles. The summed E-state index contributed by atoms with van der Waals surface area (Å²) < 4.78 is 10.1.